The lowest BCUT2D eigenvalue weighted by Gasteiger charge is -2.07. The standard InChI is InChI=1S/C10H13BrN2O2/c1-7(14)4-6-13-10(15)8-3-2-5-12-9(8)11/h2-3,5,7,14H,4,6H2,1H3,(H,13,15). The van der Waals surface area contributed by atoms with E-state index in [9.17, 15) is 4.79 Å². The van der Waals surface area contributed by atoms with Gasteiger partial charge in [-0.05, 0) is 41.4 Å². The third kappa shape index (κ3) is 3.97. The quantitative estimate of drug-likeness (QED) is 0.814. The van der Waals surface area contributed by atoms with E-state index in [2.05, 4.69) is 26.2 Å². The zero-order valence-electron chi connectivity index (χ0n) is 8.40. The molecule has 4 nitrogen and oxygen atoms in total. The molecular weight excluding hydrogens is 260 g/mol. The fourth-order valence-corrected chi connectivity index (χ4v) is 1.48. The summed E-state index contributed by atoms with van der Waals surface area (Å²) in [6, 6.07) is 3.39. The smallest absolute Gasteiger partial charge is 0.254 e. The van der Waals surface area contributed by atoms with Crippen LogP contribution in [0.15, 0.2) is 22.9 Å². The fraction of sp³-hybridized carbons (Fsp3) is 0.400. The Hall–Kier alpha value is -0.940. The Bertz CT molecular complexity index is 342. The lowest BCUT2D eigenvalue weighted by Crippen LogP contribution is -2.26. The molecule has 1 unspecified atom stereocenters. The molecule has 5 heteroatoms. The van der Waals surface area contributed by atoms with Crippen molar-refractivity contribution in [3.8, 4) is 0 Å². The summed E-state index contributed by atoms with van der Waals surface area (Å²) in [5, 5.41) is 11.7. The van der Waals surface area contributed by atoms with Crippen molar-refractivity contribution in [1.82, 2.24) is 10.3 Å². The summed E-state index contributed by atoms with van der Waals surface area (Å²) in [5.41, 5.74) is 0.503. The summed E-state index contributed by atoms with van der Waals surface area (Å²) in [7, 11) is 0. The van der Waals surface area contributed by atoms with Crippen LogP contribution in [-0.4, -0.2) is 28.6 Å². The van der Waals surface area contributed by atoms with E-state index in [0.29, 0.717) is 23.1 Å². The Labute approximate surface area is 96.8 Å². The van der Waals surface area contributed by atoms with Gasteiger partial charge in [0.2, 0.25) is 0 Å². The van der Waals surface area contributed by atoms with Gasteiger partial charge in [0.1, 0.15) is 4.60 Å². The number of aliphatic hydroxyl groups excluding tert-OH is 1. The van der Waals surface area contributed by atoms with Gasteiger partial charge in [-0.1, -0.05) is 0 Å². The molecule has 1 heterocycles. The lowest BCUT2D eigenvalue weighted by molar-refractivity contribution is 0.0944. The normalized spacial score (nSPS) is 12.2. The van der Waals surface area contributed by atoms with Crippen molar-refractivity contribution >= 4 is 21.8 Å². The van der Waals surface area contributed by atoms with Crippen LogP contribution in [0.2, 0.25) is 0 Å². The largest absolute Gasteiger partial charge is 0.393 e. The van der Waals surface area contributed by atoms with E-state index in [1.807, 2.05) is 0 Å². The van der Waals surface area contributed by atoms with Gasteiger partial charge in [-0.2, -0.15) is 0 Å². The number of pyridine rings is 1. The van der Waals surface area contributed by atoms with Gasteiger partial charge in [0.25, 0.3) is 5.91 Å². The molecule has 0 spiro atoms. The van der Waals surface area contributed by atoms with Crippen LogP contribution in [0, 0.1) is 0 Å². The van der Waals surface area contributed by atoms with Gasteiger partial charge in [0.05, 0.1) is 11.7 Å². The second-order valence-electron chi connectivity index (χ2n) is 3.24. The number of aliphatic hydroxyl groups is 1. The molecule has 1 amide bonds. The Morgan fingerprint density at radius 2 is 2.47 bits per heavy atom. The van der Waals surface area contributed by atoms with Crippen LogP contribution in [0.25, 0.3) is 0 Å². The van der Waals surface area contributed by atoms with Gasteiger partial charge in [-0.15, -0.1) is 0 Å². The third-order valence-electron chi connectivity index (χ3n) is 1.85. The molecule has 0 saturated heterocycles. The minimum absolute atomic E-state index is 0.185. The van der Waals surface area contributed by atoms with Gasteiger partial charge in [-0.3, -0.25) is 4.79 Å². The maximum atomic E-state index is 11.6. The summed E-state index contributed by atoms with van der Waals surface area (Å²) in [4.78, 5) is 15.5. The number of hydrogen-bond donors (Lipinski definition) is 2. The van der Waals surface area contributed by atoms with E-state index in [4.69, 9.17) is 5.11 Å². The Morgan fingerprint density at radius 3 is 3.07 bits per heavy atom. The molecule has 0 bridgehead atoms. The number of rotatable bonds is 4. The molecule has 0 saturated carbocycles. The Balaban J connectivity index is 2.51. The van der Waals surface area contributed by atoms with Crippen LogP contribution >= 0.6 is 15.9 Å². The lowest BCUT2D eigenvalue weighted by atomic mass is 10.2. The van der Waals surface area contributed by atoms with Crippen molar-refractivity contribution in [2.45, 2.75) is 19.4 Å². The summed E-state index contributed by atoms with van der Waals surface area (Å²) < 4.78 is 0.527. The van der Waals surface area contributed by atoms with Crippen LogP contribution in [0.1, 0.15) is 23.7 Å². The van der Waals surface area contributed by atoms with Crippen molar-refractivity contribution in [1.29, 1.82) is 0 Å². The first kappa shape index (κ1) is 12.1. The third-order valence-corrected chi connectivity index (χ3v) is 2.48. The first-order valence-corrected chi connectivity index (χ1v) is 5.47. The predicted molar refractivity (Wildman–Crippen MR) is 60.6 cm³/mol. The molecule has 0 fully saturated rings. The van der Waals surface area contributed by atoms with E-state index in [1.165, 1.54) is 0 Å². The average Bonchev–Trinajstić information content (AvgIpc) is 2.17. The summed E-state index contributed by atoms with van der Waals surface area (Å²) >= 11 is 3.20. The summed E-state index contributed by atoms with van der Waals surface area (Å²) in [5.74, 6) is -0.185. The van der Waals surface area contributed by atoms with Crippen LogP contribution in [-0.2, 0) is 0 Å². The van der Waals surface area contributed by atoms with E-state index < -0.39 is 6.10 Å². The number of halogens is 1. The van der Waals surface area contributed by atoms with Gasteiger partial charge in [0.15, 0.2) is 0 Å². The van der Waals surface area contributed by atoms with E-state index >= 15 is 0 Å². The van der Waals surface area contributed by atoms with Crippen molar-refractivity contribution in [2.24, 2.45) is 0 Å². The minimum atomic E-state index is -0.400. The predicted octanol–water partition coefficient (Wildman–Crippen LogP) is 1.34. The highest BCUT2D eigenvalue weighted by molar-refractivity contribution is 9.10. The van der Waals surface area contributed by atoms with Gasteiger partial charge in [-0.25, -0.2) is 4.98 Å². The number of nitrogens with one attached hydrogen (secondary N) is 1. The maximum absolute atomic E-state index is 11.6. The number of carbonyl (C=O) groups is 1. The van der Waals surface area contributed by atoms with E-state index in [0.717, 1.165) is 0 Å². The molecular formula is C10H13BrN2O2. The number of hydrogen-bond acceptors (Lipinski definition) is 3. The zero-order valence-corrected chi connectivity index (χ0v) is 9.99. The molecule has 1 atom stereocenters. The molecule has 0 aliphatic heterocycles. The molecule has 2 N–H and O–H groups in total. The van der Waals surface area contributed by atoms with E-state index in [1.54, 1.807) is 25.3 Å². The van der Waals surface area contributed by atoms with Crippen molar-refractivity contribution < 1.29 is 9.90 Å². The molecule has 1 aromatic rings. The number of aromatic nitrogens is 1. The maximum Gasteiger partial charge on any atom is 0.254 e. The number of nitrogens with zero attached hydrogens (tertiary/aromatic N) is 1. The van der Waals surface area contributed by atoms with Gasteiger partial charge < -0.3 is 10.4 Å². The first-order chi connectivity index (χ1) is 7.11. The second-order valence-corrected chi connectivity index (χ2v) is 3.99. The molecule has 0 aliphatic carbocycles. The monoisotopic (exact) mass is 272 g/mol. The van der Waals surface area contributed by atoms with Gasteiger partial charge in [0, 0.05) is 12.7 Å². The highest BCUT2D eigenvalue weighted by Crippen LogP contribution is 2.11. The zero-order chi connectivity index (χ0) is 11.3. The Morgan fingerprint density at radius 1 is 1.73 bits per heavy atom. The van der Waals surface area contributed by atoms with Crippen LogP contribution in [0.5, 0.6) is 0 Å². The van der Waals surface area contributed by atoms with Crippen LogP contribution < -0.4 is 5.32 Å². The van der Waals surface area contributed by atoms with Crippen molar-refractivity contribution in [2.75, 3.05) is 6.54 Å². The SMILES string of the molecule is CC(O)CCNC(=O)c1cccnc1Br. The van der Waals surface area contributed by atoms with Crippen LogP contribution in [0.3, 0.4) is 0 Å². The van der Waals surface area contributed by atoms with Crippen molar-refractivity contribution in [3.05, 3.63) is 28.5 Å². The first-order valence-electron chi connectivity index (χ1n) is 4.68. The number of carbonyl (C=O) groups excluding carboxylic acids is 1. The molecule has 0 aromatic carbocycles. The summed E-state index contributed by atoms with van der Waals surface area (Å²) in [6.07, 6.45) is 1.75. The summed E-state index contributed by atoms with van der Waals surface area (Å²) in [6.45, 7) is 2.14. The van der Waals surface area contributed by atoms with Crippen LogP contribution in [0.4, 0.5) is 0 Å². The highest BCUT2D eigenvalue weighted by atomic mass is 79.9. The second kappa shape index (κ2) is 5.82. The minimum Gasteiger partial charge on any atom is -0.393 e. The Kier molecular flexibility index (Phi) is 4.71. The van der Waals surface area contributed by atoms with Crippen molar-refractivity contribution in [3.63, 3.8) is 0 Å². The molecule has 15 heavy (non-hydrogen) atoms. The molecule has 0 aliphatic rings. The molecule has 1 aromatic heterocycles. The number of amides is 1. The average molecular weight is 273 g/mol. The fourth-order valence-electron chi connectivity index (χ4n) is 1.05. The highest BCUT2D eigenvalue weighted by Gasteiger charge is 2.09. The molecule has 1 rings (SSSR count). The molecule has 82 valence electrons. The van der Waals surface area contributed by atoms with E-state index in [-0.39, 0.29) is 5.91 Å². The van der Waals surface area contributed by atoms with Gasteiger partial charge >= 0.3 is 0 Å². The molecule has 0 radical (unpaired) electrons. The topological polar surface area (TPSA) is 62.2 Å².